The molecule has 1 aliphatic carbocycles. The number of hydrogen-bond donors (Lipinski definition) is 1. The first-order chi connectivity index (χ1) is 9.02. The van der Waals surface area contributed by atoms with Gasteiger partial charge in [-0.3, -0.25) is 0 Å². The molecule has 0 aromatic heterocycles. The maximum atomic E-state index is 10.5. The zero-order chi connectivity index (χ0) is 13.9. The van der Waals surface area contributed by atoms with E-state index in [0.29, 0.717) is 17.9 Å². The zero-order valence-corrected chi connectivity index (χ0v) is 12.4. The molecule has 1 fully saturated rings. The van der Waals surface area contributed by atoms with Gasteiger partial charge in [-0.15, -0.1) is 0 Å². The Kier molecular flexibility index (Phi) is 4.51. The van der Waals surface area contributed by atoms with Crippen molar-refractivity contribution in [3.8, 4) is 5.75 Å². The number of aliphatic hydroxyl groups excluding tert-OH is 1. The highest BCUT2D eigenvalue weighted by Crippen LogP contribution is 2.42. The quantitative estimate of drug-likeness (QED) is 0.875. The van der Waals surface area contributed by atoms with E-state index in [1.165, 1.54) is 12.8 Å². The summed E-state index contributed by atoms with van der Waals surface area (Å²) in [6.07, 6.45) is 4.35. The van der Waals surface area contributed by atoms with Gasteiger partial charge in [-0.2, -0.15) is 0 Å². The highest BCUT2D eigenvalue weighted by Gasteiger charge is 2.31. The minimum atomic E-state index is -0.327. The van der Waals surface area contributed by atoms with Crippen molar-refractivity contribution in [3.63, 3.8) is 0 Å². The topological polar surface area (TPSA) is 29.5 Å². The zero-order valence-electron chi connectivity index (χ0n) is 12.4. The summed E-state index contributed by atoms with van der Waals surface area (Å²) in [5.41, 5.74) is 1.47. The van der Waals surface area contributed by atoms with Crippen molar-refractivity contribution < 1.29 is 9.84 Å². The maximum absolute atomic E-state index is 10.5. The number of ether oxygens (including phenoxy) is 1. The molecule has 1 saturated carbocycles. The summed E-state index contributed by atoms with van der Waals surface area (Å²) in [6, 6.07) is 7.90. The standard InChI is InChI=1S/C17H26O2/c1-4-19-15-7-5-13(6-8-15)16(18)14-9-11-17(2,3)12-10-14/h5-8,14,16,18H,4,9-12H2,1-3H3. The second-order valence-electron chi connectivity index (χ2n) is 6.45. The second-order valence-corrected chi connectivity index (χ2v) is 6.45. The Morgan fingerprint density at radius 3 is 2.32 bits per heavy atom. The van der Waals surface area contributed by atoms with Crippen LogP contribution in [0.15, 0.2) is 24.3 Å². The van der Waals surface area contributed by atoms with E-state index in [2.05, 4.69) is 13.8 Å². The fourth-order valence-corrected chi connectivity index (χ4v) is 2.94. The van der Waals surface area contributed by atoms with Crippen LogP contribution in [-0.2, 0) is 0 Å². The van der Waals surface area contributed by atoms with Gasteiger partial charge < -0.3 is 9.84 Å². The number of hydrogen-bond acceptors (Lipinski definition) is 2. The molecule has 0 spiro atoms. The summed E-state index contributed by atoms with van der Waals surface area (Å²) >= 11 is 0. The third-order valence-electron chi connectivity index (χ3n) is 4.36. The van der Waals surface area contributed by atoms with Gasteiger partial charge in [0.2, 0.25) is 0 Å². The fraction of sp³-hybridized carbons (Fsp3) is 0.647. The largest absolute Gasteiger partial charge is 0.494 e. The van der Waals surface area contributed by atoms with Gasteiger partial charge in [0.05, 0.1) is 12.7 Å². The summed E-state index contributed by atoms with van der Waals surface area (Å²) in [4.78, 5) is 0. The fourth-order valence-electron chi connectivity index (χ4n) is 2.94. The third kappa shape index (κ3) is 3.73. The Bertz CT molecular complexity index is 384. The molecule has 2 heteroatoms. The molecule has 0 heterocycles. The molecule has 1 aliphatic rings. The molecule has 0 radical (unpaired) electrons. The summed E-state index contributed by atoms with van der Waals surface area (Å²) in [6.45, 7) is 7.31. The van der Waals surface area contributed by atoms with Gasteiger partial charge in [0.1, 0.15) is 5.75 Å². The Morgan fingerprint density at radius 1 is 1.21 bits per heavy atom. The van der Waals surface area contributed by atoms with Crippen LogP contribution in [0.25, 0.3) is 0 Å². The van der Waals surface area contributed by atoms with E-state index in [1.54, 1.807) is 0 Å². The molecule has 1 aromatic rings. The van der Waals surface area contributed by atoms with Crippen molar-refractivity contribution >= 4 is 0 Å². The highest BCUT2D eigenvalue weighted by molar-refractivity contribution is 5.28. The van der Waals surface area contributed by atoms with E-state index in [0.717, 1.165) is 24.2 Å². The van der Waals surface area contributed by atoms with E-state index in [-0.39, 0.29) is 6.10 Å². The molecule has 1 atom stereocenters. The van der Waals surface area contributed by atoms with Crippen LogP contribution >= 0.6 is 0 Å². The predicted molar refractivity (Wildman–Crippen MR) is 78.3 cm³/mol. The van der Waals surface area contributed by atoms with Crippen LogP contribution < -0.4 is 4.74 Å². The van der Waals surface area contributed by atoms with Crippen LogP contribution in [0.2, 0.25) is 0 Å². The Labute approximate surface area is 116 Å². The van der Waals surface area contributed by atoms with E-state index in [4.69, 9.17) is 4.74 Å². The van der Waals surface area contributed by atoms with Crippen molar-refractivity contribution in [1.29, 1.82) is 0 Å². The van der Waals surface area contributed by atoms with Gasteiger partial charge in [-0.25, -0.2) is 0 Å². The van der Waals surface area contributed by atoms with Gasteiger partial charge in [0, 0.05) is 0 Å². The molecule has 1 aromatic carbocycles. The lowest BCUT2D eigenvalue weighted by Crippen LogP contribution is -2.25. The van der Waals surface area contributed by atoms with Crippen LogP contribution in [0.4, 0.5) is 0 Å². The first-order valence-corrected chi connectivity index (χ1v) is 7.43. The second kappa shape index (κ2) is 5.96. The van der Waals surface area contributed by atoms with Crippen molar-refractivity contribution in [2.24, 2.45) is 11.3 Å². The van der Waals surface area contributed by atoms with Gasteiger partial charge in [0.25, 0.3) is 0 Å². The SMILES string of the molecule is CCOc1ccc(C(O)C2CCC(C)(C)CC2)cc1. The van der Waals surface area contributed by atoms with Gasteiger partial charge in [0.15, 0.2) is 0 Å². The molecule has 19 heavy (non-hydrogen) atoms. The molecule has 0 amide bonds. The average molecular weight is 262 g/mol. The normalized spacial score (nSPS) is 21.1. The van der Waals surface area contributed by atoms with Crippen LogP contribution in [0.5, 0.6) is 5.75 Å². The Hall–Kier alpha value is -1.02. The van der Waals surface area contributed by atoms with Gasteiger partial charge in [-0.1, -0.05) is 26.0 Å². The molecule has 106 valence electrons. The predicted octanol–water partition coefficient (Wildman–Crippen LogP) is 4.34. The van der Waals surface area contributed by atoms with Crippen molar-refractivity contribution in [1.82, 2.24) is 0 Å². The molecule has 2 rings (SSSR count). The molecule has 2 nitrogen and oxygen atoms in total. The van der Waals surface area contributed by atoms with E-state index < -0.39 is 0 Å². The van der Waals surface area contributed by atoms with Crippen LogP contribution in [0.1, 0.15) is 58.1 Å². The highest BCUT2D eigenvalue weighted by atomic mass is 16.5. The van der Waals surface area contributed by atoms with Crippen molar-refractivity contribution in [3.05, 3.63) is 29.8 Å². The Morgan fingerprint density at radius 2 is 1.79 bits per heavy atom. The summed E-state index contributed by atoms with van der Waals surface area (Å²) in [5, 5.41) is 10.5. The minimum Gasteiger partial charge on any atom is -0.494 e. The van der Waals surface area contributed by atoms with E-state index in [1.807, 2.05) is 31.2 Å². The van der Waals surface area contributed by atoms with Crippen LogP contribution in [-0.4, -0.2) is 11.7 Å². The van der Waals surface area contributed by atoms with E-state index in [9.17, 15) is 5.11 Å². The molecule has 1 N–H and O–H groups in total. The molecule has 0 saturated heterocycles. The smallest absolute Gasteiger partial charge is 0.119 e. The van der Waals surface area contributed by atoms with Crippen LogP contribution in [0.3, 0.4) is 0 Å². The third-order valence-corrected chi connectivity index (χ3v) is 4.36. The molecular formula is C17H26O2. The van der Waals surface area contributed by atoms with Crippen LogP contribution in [0, 0.1) is 11.3 Å². The van der Waals surface area contributed by atoms with E-state index >= 15 is 0 Å². The lowest BCUT2D eigenvalue weighted by Gasteiger charge is -2.36. The average Bonchev–Trinajstić information content (AvgIpc) is 2.39. The molecule has 0 bridgehead atoms. The monoisotopic (exact) mass is 262 g/mol. The van der Waals surface area contributed by atoms with Gasteiger partial charge >= 0.3 is 0 Å². The number of aliphatic hydroxyl groups is 1. The lowest BCUT2D eigenvalue weighted by atomic mass is 9.71. The molecule has 1 unspecified atom stereocenters. The Balaban J connectivity index is 1.97. The number of benzene rings is 1. The summed E-state index contributed by atoms with van der Waals surface area (Å²) in [7, 11) is 0. The molecule has 0 aliphatic heterocycles. The summed E-state index contributed by atoms with van der Waals surface area (Å²) < 4.78 is 5.43. The van der Waals surface area contributed by atoms with Gasteiger partial charge in [-0.05, 0) is 61.6 Å². The maximum Gasteiger partial charge on any atom is 0.119 e. The first kappa shape index (κ1) is 14.4. The molecular weight excluding hydrogens is 236 g/mol. The first-order valence-electron chi connectivity index (χ1n) is 7.43. The van der Waals surface area contributed by atoms with Crippen molar-refractivity contribution in [2.45, 2.75) is 52.6 Å². The van der Waals surface area contributed by atoms with Crippen molar-refractivity contribution in [2.75, 3.05) is 6.61 Å². The minimum absolute atomic E-state index is 0.327. The lowest BCUT2D eigenvalue weighted by molar-refractivity contribution is 0.0567. The number of rotatable bonds is 4. The summed E-state index contributed by atoms with van der Waals surface area (Å²) in [5.74, 6) is 1.29.